The number of carbonyl (C=O) groups is 5. The van der Waals surface area contributed by atoms with Crippen LogP contribution in [0, 0.1) is 23.7 Å². The zero-order valence-corrected chi connectivity index (χ0v) is 19.2. The number of nitrogens with zero attached hydrogens (tertiary/aromatic N) is 1. The molecule has 2 aromatic carbocycles. The van der Waals surface area contributed by atoms with E-state index in [9.17, 15) is 24.0 Å². The van der Waals surface area contributed by atoms with Crippen molar-refractivity contribution in [2.24, 2.45) is 23.7 Å². The minimum atomic E-state index is -0.693. The van der Waals surface area contributed by atoms with Crippen molar-refractivity contribution in [3.05, 3.63) is 54.1 Å². The van der Waals surface area contributed by atoms with Gasteiger partial charge in [-0.15, -0.1) is 0 Å². The van der Waals surface area contributed by atoms with Crippen LogP contribution in [0.3, 0.4) is 0 Å². The van der Waals surface area contributed by atoms with Crippen LogP contribution in [0.2, 0.25) is 0 Å². The molecule has 0 spiro atoms. The molecule has 2 bridgehead atoms. The number of hydrogen-bond acceptors (Lipinski definition) is 6. The summed E-state index contributed by atoms with van der Waals surface area (Å²) in [4.78, 5) is 62.7. The first-order valence-electron chi connectivity index (χ1n) is 11.6. The fourth-order valence-electron chi connectivity index (χ4n) is 5.66. The van der Waals surface area contributed by atoms with Crippen molar-refractivity contribution >= 4 is 46.7 Å². The fraction of sp³-hybridized carbons (Fsp3) is 0.346. The van der Waals surface area contributed by atoms with Crippen molar-refractivity contribution in [3.8, 4) is 0 Å². The Labute approximate surface area is 201 Å². The van der Waals surface area contributed by atoms with Crippen LogP contribution in [0.1, 0.15) is 36.5 Å². The Hall–Kier alpha value is -4.01. The predicted molar refractivity (Wildman–Crippen MR) is 126 cm³/mol. The van der Waals surface area contributed by atoms with Gasteiger partial charge in [0.1, 0.15) is 0 Å². The van der Waals surface area contributed by atoms with E-state index in [0.717, 1.165) is 19.3 Å². The molecule has 3 aliphatic rings. The van der Waals surface area contributed by atoms with Gasteiger partial charge in [-0.3, -0.25) is 24.1 Å². The van der Waals surface area contributed by atoms with Crippen molar-refractivity contribution in [1.82, 2.24) is 0 Å². The highest BCUT2D eigenvalue weighted by molar-refractivity contribution is 6.22. The molecule has 1 saturated heterocycles. The van der Waals surface area contributed by atoms with E-state index in [1.165, 1.54) is 24.0 Å². The first kappa shape index (κ1) is 22.8. The summed E-state index contributed by atoms with van der Waals surface area (Å²) in [6, 6.07) is 12.6. The zero-order chi connectivity index (χ0) is 24.7. The maximum atomic E-state index is 13.0. The summed E-state index contributed by atoms with van der Waals surface area (Å²) in [5.74, 6) is -1.47. The number of benzene rings is 2. The number of ether oxygens (including phenoxy) is 1. The topological polar surface area (TPSA) is 122 Å². The van der Waals surface area contributed by atoms with Gasteiger partial charge in [0.05, 0.1) is 23.1 Å². The Morgan fingerprint density at radius 1 is 0.857 bits per heavy atom. The number of fused-ring (bicyclic) bond motifs is 5. The summed E-state index contributed by atoms with van der Waals surface area (Å²) in [6.45, 7) is 0.917. The molecule has 35 heavy (non-hydrogen) atoms. The molecule has 0 unspecified atom stereocenters. The molecule has 4 atom stereocenters. The van der Waals surface area contributed by atoms with Crippen LogP contribution in [-0.4, -0.2) is 36.2 Å². The van der Waals surface area contributed by atoms with Crippen molar-refractivity contribution in [2.45, 2.75) is 26.2 Å². The van der Waals surface area contributed by atoms with Crippen molar-refractivity contribution in [2.75, 3.05) is 22.1 Å². The zero-order valence-electron chi connectivity index (χ0n) is 19.2. The third-order valence-corrected chi connectivity index (χ3v) is 7.11. The molecule has 4 amide bonds. The SMILES string of the molecule is CC(=O)Nc1ccc(NC(=O)COC(=O)c2ccc(N3C(=O)[C@@H]4[C@H]5CC[C@@H](C5)[C@H]4C3=O)cc2)cc1. The van der Waals surface area contributed by atoms with E-state index >= 15 is 0 Å². The molecular weight excluding hydrogens is 450 g/mol. The number of esters is 1. The molecule has 2 N–H and O–H groups in total. The van der Waals surface area contributed by atoms with Gasteiger partial charge < -0.3 is 15.4 Å². The Balaban J connectivity index is 1.15. The molecule has 9 nitrogen and oxygen atoms in total. The molecule has 0 radical (unpaired) electrons. The average Bonchev–Trinajstić information content (AvgIpc) is 3.52. The maximum Gasteiger partial charge on any atom is 0.338 e. The predicted octanol–water partition coefficient (Wildman–Crippen LogP) is 2.98. The van der Waals surface area contributed by atoms with E-state index in [1.807, 2.05) is 0 Å². The fourth-order valence-corrected chi connectivity index (χ4v) is 5.66. The molecule has 2 aromatic rings. The van der Waals surface area contributed by atoms with E-state index < -0.39 is 18.5 Å². The summed E-state index contributed by atoms with van der Waals surface area (Å²) in [5, 5.41) is 5.23. The minimum Gasteiger partial charge on any atom is -0.452 e. The molecule has 2 aliphatic carbocycles. The number of carbonyl (C=O) groups excluding carboxylic acids is 5. The molecule has 1 heterocycles. The van der Waals surface area contributed by atoms with Crippen LogP contribution in [-0.2, 0) is 23.9 Å². The van der Waals surface area contributed by atoms with Gasteiger partial charge >= 0.3 is 5.97 Å². The Morgan fingerprint density at radius 3 is 1.94 bits per heavy atom. The quantitative estimate of drug-likeness (QED) is 0.489. The third-order valence-electron chi connectivity index (χ3n) is 7.11. The Morgan fingerprint density at radius 2 is 1.40 bits per heavy atom. The lowest BCUT2D eigenvalue weighted by atomic mass is 9.81. The van der Waals surface area contributed by atoms with E-state index in [-0.39, 0.29) is 35.1 Å². The van der Waals surface area contributed by atoms with Gasteiger partial charge in [0.2, 0.25) is 17.7 Å². The number of amides is 4. The first-order chi connectivity index (χ1) is 16.8. The molecule has 180 valence electrons. The second kappa shape index (κ2) is 8.98. The van der Waals surface area contributed by atoms with E-state index in [4.69, 9.17) is 4.74 Å². The minimum absolute atomic E-state index is 0.135. The summed E-state index contributed by atoms with van der Waals surface area (Å²) >= 11 is 0. The van der Waals surface area contributed by atoms with Gasteiger partial charge in [0.15, 0.2) is 6.61 Å². The van der Waals surface area contributed by atoms with Gasteiger partial charge in [-0.25, -0.2) is 4.79 Å². The van der Waals surface area contributed by atoms with Crippen molar-refractivity contribution < 1.29 is 28.7 Å². The van der Waals surface area contributed by atoms with Gasteiger partial charge in [-0.05, 0) is 79.6 Å². The molecule has 2 saturated carbocycles. The highest BCUT2D eigenvalue weighted by Gasteiger charge is 2.61. The molecule has 1 aliphatic heterocycles. The van der Waals surface area contributed by atoms with E-state index in [1.54, 1.807) is 36.4 Å². The smallest absolute Gasteiger partial charge is 0.338 e. The van der Waals surface area contributed by atoms with Crippen LogP contribution in [0.5, 0.6) is 0 Å². The van der Waals surface area contributed by atoms with E-state index in [2.05, 4.69) is 10.6 Å². The van der Waals surface area contributed by atoms with Gasteiger partial charge in [-0.2, -0.15) is 0 Å². The molecule has 3 fully saturated rings. The molecular formula is C26H25N3O6. The highest BCUT2D eigenvalue weighted by atomic mass is 16.5. The summed E-state index contributed by atoms with van der Waals surface area (Å²) in [5.41, 5.74) is 1.74. The summed E-state index contributed by atoms with van der Waals surface area (Å²) in [6.07, 6.45) is 3.00. The first-order valence-corrected chi connectivity index (χ1v) is 11.6. The van der Waals surface area contributed by atoms with Crippen LogP contribution in [0.4, 0.5) is 17.1 Å². The summed E-state index contributed by atoms with van der Waals surface area (Å²) in [7, 11) is 0. The monoisotopic (exact) mass is 475 g/mol. The van der Waals surface area contributed by atoms with Gasteiger partial charge in [0.25, 0.3) is 5.91 Å². The van der Waals surface area contributed by atoms with Crippen LogP contribution in [0.15, 0.2) is 48.5 Å². The number of hydrogen-bond donors (Lipinski definition) is 2. The van der Waals surface area contributed by atoms with E-state index in [0.29, 0.717) is 28.9 Å². The van der Waals surface area contributed by atoms with Crippen molar-refractivity contribution in [3.63, 3.8) is 0 Å². The second-order valence-corrected chi connectivity index (χ2v) is 9.33. The summed E-state index contributed by atoms with van der Waals surface area (Å²) < 4.78 is 5.09. The maximum absolute atomic E-state index is 13.0. The molecule has 9 heteroatoms. The third kappa shape index (κ3) is 4.29. The standard InChI is InChI=1S/C26H25N3O6/c1-14(30)27-18-6-8-19(9-7-18)28-21(31)13-35-26(34)15-4-10-20(11-5-15)29-24(32)22-16-2-3-17(12-16)23(22)25(29)33/h4-11,16-17,22-23H,2-3,12-13H2,1H3,(H,27,30)(H,28,31)/t16-,17-,22+,23+/m0/s1. The van der Waals surface area contributed by atoms with Crippen LogP contribution < -0.4 is 15.5 Å². The van der Waals surface area contributed by atoms with Crippen molar-refractivity contribution in [1.29, 1.82) is 0 Å². The molecule has 5 rings (SSSR count). The van der Waals surface area contributed by atoms with Crippen LogP contribution >= 0.6 is 0 Å². The number of anilines is 3. The normalized spacial score (nSPS) is 24.3. The number of nitrogens with one attached hydrogen (secondary N) is 2. The second-order valence-electron chi connectivity index (χ2n) is 9.33. The number of imide groups is 1. The largest absolute Gasteiger partial charge is 0.452 e. The Kier molecular flexibility index (Phi) is 5.84. The Bertz CT molecular complexity index is 1180. The average molecular weight is 476 g/mol. The number of rotatable bonds is 6. The lowest BCUT2D eigenvalue weighted by Crippen LogP contribution is -2.32. The van der Waals surface area contributed by atoms with Gasteiger partial charge in [0, 0.05) is 18.3 Å². The highest BCUT2D eigenvalue weighted by Crippen LogP contribution is 2.56. The molecule has 0 aromatic heterocycles. The lowest BCUT2D eigenvalue weighted by Gasteiger charge is -2.19. The van der Waals surface area contributed by atoms with Gasteiger partial charge in [-0.1, -0.05) is 0 Å². The van der Waals surface area contributed by atoms with Crippen LogP contribution in [0.25, 0.3) is 0 Å². The lowest BCUT2D eigenvalue weighted by molar-refractivity contribution is -0.123.